The summed E-state index contributed by atoms with van der Waals surface area (Å²) >= 11 is 0. The molecule has 0 bridgehead atoms. The molecule has 4 nitrogen and oxygen atoms in total. The van der Waals surface area contributed by atoms with Gasteiger partial charge in [-0.2, -0.15) is 4.57 Å². The number of rotatable bonds is 14. The Bertz CT molecular complexity index is 939. The largest absolute Gasteiger partial charge is 0.434 e. The summed E-state index contributed by atoms with van der Waals surface area (Å²) in [7, 11) is 0. The van der Waals surface area contributed by atoms with E-state index in [1.54, 1.807) is 23.2 Å². The molecule has 0 N–H and O–H groups in total. The Morgan fingerprint density at radius 3 is 2.28 bits per heavy atom. The maximum Gasteiger partial charge on any atom is 0.285 e. The average molecular weight is 432 g/mol. The number of unbranched alkanes of at least 4 members (excludes halogenated alkanes) is 7. The zero-order valence-corrected chi connectivity index (χ0v) is 19.2. The fourth-order valence-corrected chi connectivity index (χ4v) is 3.75. The predicted molar refractivity (Wildman–Crippen MR) is 128 cm³/mol. The maximum atomic E-state index is 12.4. The van der Waals surface area contributed by atoms with Gasteiger partial charge in [-0.25, -0.2) is 4.98 Å². The van der Waals surface area contributed by atoms with E-state index in [9.17, 15) is 4.79 Å². The van der Waals surface area contributed by atoms with Crippen LogP contribution in [-0.2, 0) is 13.0 Å². The Morgan fingerprint density at radius 1 is 0.875 bits per heavy atom. The number of hydrogen-bond donors (Lipinski definition) is 0. The molecule has 0 aliphatic carbocycles. The first-order valence-electron chi connectivity index (χ1n) is 11.9. The van der Waals surface area contributed by atoms with Gasteiger partial charge in [-0.3, -0.25) is 4.79 Å². The first-order valence-corrected chi connectivity index (χ1v) is 11.9. The smallest absolute Gasteiger partial charge is 0.285 e. The number of hydrogen-bond acceptors (Lipinski definition) is 3. The second-order valence-corrected chi connectivity index (χ2v) is 8.33. The molecule has 0 aliphatic rings. The Kier molecular flexibility index (Phi) is 9.91. The number of aromatic nitrogens is 2. The van der Waals surface area contributed by atoms with Gasteiger partial charge in [0.25, 0.3) is 5.88 Å². The standard InChI is InChI=1S/C28H35N2O2/c1-2-3-4-5-6-7-8-10-13-24-16-18-26(19-17-24)32-28-23-30(21-20-29-28)22-27(31)25-14-11-9-12-15-25/h9,11-12,14-21,23H,2-8,10,13,22H2,1H3/q+1. The van der Waals surface area contributed by atoms with E-state index in [4.69, 9.17) is 4.74 Å². The van der Waals surface area contributed by atoms with E-state index in [1.807, 2.05) is 42.5 Å². The molecule has 1 aromatic heterocycles. The molecule has 0 aliphatic heterocycles. The Labute approximate surface area is 192 Å². The summed E-state index contributed by atoms with van der Waals surface area (Å²) in [5.41, 5.74) is 2.04. The molecule has 2 aromatic carbocycles. The van der Waals surface area contributed by atoms with Crippen LogP contribution in [0.5, 0.6) is 11.6 Å². The molecule has 168 valence electrons. The number of ether oxygens (including phenoxy) is 1. The lowest BCUT2D eigenvalue weighted by Crippen LogP contribution is -2.37. The third-order valence-electron chi connectivity index (χ3n) is 5.62. The lowest BCUT2D eigenvalue weighted by Gasteiger charge is -2.06. The number of Topliss-reactive ketones (excluding diaryl/α,β-unsaturated/α-hetero) is 1. The lowest BCUT2D eigenvalue weighted by molar-refractivity contribution is -0.683. The molecule has 0 atom stereocenters. The third-order valence-corrected chi connectivity index (χ3v) is 5.62. The van der Waals surface area contributed by atoms with Gasteiger partial charge < -0.3 is 4.74 Å². The zero-order chi connectivity index (χ0) is 22.4. The molecule has 0 spiro atoms. The molecule has 0 radical (unpaired) electrons. The first kappa shape index (κ1) is 23.6. The molecule has 0 unspecified atom stereocenters. The maximum absolute atomic E-state index is 12.4. The van der Waals surface area contributed by atoms with E-state index in [2.05, 4.69) is 24.0 Å². The van der Waals surface area contributed by atoms with Crippen LogP contribution in [-0.4, -0.2) is 10.8 Å². The van der Waals surface area contributed by atoms with E-state index in [-0.39, 0.29) is 12.3 Å². The molecule has 3 rings (SSSR count). The monoisotopic (exact) mass is 431 g/mol. The molecule has 4 heteroatoms. The highest BCUT2D eigenvalue weighted by molar-refractivity contribution is 5.94. The van der Waals surface area contributed by atoms with Gasteiger partial charge in [0.05, 0.1) is 6.20 Å². The summed E-state index contributed by atoms with van der Waals surface area (Å²) in [6, 6.07) is 17.6. The third kappa shape index (κ3) is 8.26. The number of carbonyl (C=O) groups excluding carboxylic acids is 1. The van der Waals surface area contributed by atoms with Gasteiger partial charge in [0, 0.05) is 5.56 Å². The fraction of sp³-hybridized carbons (Fsp3) is 0.393. The van der Waals surface area contributed by atoms with Crippen molar-refractivity contribution in [3.63, 3.8) is 0 Å². The highest BCUT2D eigenvalue weighted by Gasteiger charge is 2.13. The van der Waals surface area contributed by atoms with E-state index in [0.717, 1.165) is 12.2 Å². The average Bonchev–Trinajstić information content (AvgIpc) is 2.82. The molecule has 0 fully saturated rings. The van der Waals surface area contributed by atoms with Crippen LogP contribution in [0.3, 0.4) is 0 Å². The first-order chi connectivity index (χ1) is 15.7. The molecule has 3 aromatic rings. The van der Waals surface area contributed by atoms with Crippen LogP contribution in [0, 0.1) is 0 Å². The van der Waals surface area contributed by atoms with Crippen molar-refractivity contribution in [3.05, 3.63) is 84.3 Å². The van der Waals surface area contributed by atoms with Gasteiger partial charge in [-0.1, -0.05) is 94.3 Å². The normalized spacial score (nSPS) is 10.8. The minimum Gasteiger partial charge on any atom is -0.434 e. The van der Waals surface area contributed by atoms with Crippen LogP contribution in [0.4, 0.5) is 0 Å². The minimum absolute atomic E-state index is 0.0538. The molecule has 0 saturated heterocycles. The van der Waals surface area contributed by atoms with Crippen molar-refractivity contribution >= 4 is 5.78 Å². The van der Waals surface area contributed by atoms with Gasteiger partial charge in [-0.05, 0) is 30.5 Å². The van der Waals surface area contributed by atoms with Crippen molar-refractivity contribution in [3.8, 4) is 11.6 Å². The van der Waals surface area contributed by atoms with Crippen molar-refractivity contribution in [1.29, 1.82) is 0 Å². The van der Waals surface area contributed by atoms with Crippen LogP contribution in [0.2, 0.25) is 0 Å². The van der Waals surface area contributed by atoms with Gasteiger partial charge >= 0.3 is 0 Å². The van der Waals surface area contributed by atoms with Crippen LogP contribution in [0.25, 0.3) is 0 Å². The summed E-state index contributed by atoms with van der Waals surface area (Å²) in [5, 5.41) is 0. The van der Waals surface area contributed by atoms with E-state index in [1.165, 1.54) is 56.9 Å². The molecule has 0 amide bonds. The van der Waals surface area contributed by atoms with Crippen molar-refractivity contribution in [2.75, 3.05) is 0 Å². The summed E-state index contributed by atoms with van der Waals surface area (Å²) in [6.45, 7) is 2.51. The fourth-order valence-electron chi connectivity index (χ4n) is 3.75. The second-order valence-electron chi connectivity index (χ2n) is 8.33. The van der Waals surface area contributed by atoms with Crippen molar-refractivity contribution in [2.45, 2.75) is 71.3 Å². The van der Waals surface area contributed by atoms with Crippen LogP contribution < -0.4 is 9.30 Å². The Balaban J connectivity index is 1.43. The molecule has 1 heterocycles. The summed E-state index contributed by atoms with van der Waals surface area (Å²) < 4.78 is 7.71. The van der Waals surface area contributed by atoms with Crippen molar-refractivity contribution in [1.82, 2.24) is 4.98 Å². The molecule has 0 saturated carbocycles. The second kappa shape index (κ2) is 13.4. The number of aryl methyl sites for hydroxylation is 1. The lowest BCUT2D eigenvalue weighted by atomic mass is 10.0. The Hall–Kier alpha value is -3.01. The van der Waals surface area contributed by atoms with Gasteiger partial charge in [0.2, 0.25) is 18.5 Å². The number of nitrogens with zero attached hydrogens (tertiary/aromatic N) is 2. The van der Waals surface area contributed by atoms with Crippen molar-refractivity contribution in [2.24, 2.45) is 0 Å². The SMILES string of the molecule is CCCCCCCCCCc1ccc(Oc2c[n+](CC(=O)c3ccccc3)ccn2)cc1. The Morgan fingerprint density at radius 2 is 1.56 bits per heavy atom. The number of carbonyl (C=O) groups is 1. The van der Waals surface area contributed by atoms with Crippen molar-refractivity contribution < 1.29 is 14.1 Å². The molecular formula is C28H35N2O2+. The predicted octanol–water partition coefficient (Wildman–Crippen LogP) is 6.73. The molecular weight excluding hydrogens is 396 g/mol. The van der Waals surface area contributed by atoms with E-state index in [0.29, 0.717) is 11.4 Å². The topological polar surface area (TPSA) is 43.1 Å². The summed E-state index contributed by atoms with van der Waals surface area (Å²) in [4.78, 5) is 16.7. The highest BCUT2D eigenvalue weighted by Crippen LogP contribution is 2.20. The van der Waals surface area contributed by atoms with Gasteiger partial charge in [-0.15, -0.1) is 0 Å². The van der Waals surface area contributed by atoms with Crippen LogP contribution >= 0.6 is 0 Å². The quantitative estimate of drug-likeness (QED) is 0.161. The van der Waals surface area contributed by atoms with E-state index < -0.39 is 0 Å². The minimum atomic E-state index is 0.0538. The molecule has 32 heavy (non-hydrogen) atoms. The summed E-state index contributed by atoms with van der Waals surface area (Å²) in [5.74, 6) is 1.28. The zero-order valence-electron chi connectivity index (χ0n) is 19.2. The highest BCUT2D eigenvalue weighted by atomic mass is 16.5. The summed E-state index contributed by atoms with van der Waals surface area (Å²) in [6.07, 6.45) is 17.0. The number of benzene rings is 2. The van der Waals surface area contributed by atoms with Crippen LogP contribution in [0.1, 0.15) is 74.2 Å². The number of ketones is 1. The van der Waals surface area contributed by atoms with Crippen LogP contribution in [0.15, 0.2) is 73.2 Å². The van der Waals surface area contributed by atoms with E-state index >= 15 is 0 Å². The van der Waals surface area contributed by atoms with Gasteiger partial charge in [0.1, 0.15) is 5.75 Å². The van der Waals surface area contributed by atoms with Gasteiger partial charge in [0.15, 0.2) is 6.20 Å².